The molecule has 0 aliphatic rings. The average molecular weight is 413 g/mol. The molecule has 0 bridgehead atoms. The summed E-state index contributed by atoms with van der Waals surface area (Å²) in [6.07, 6.45) is 1.81. The number of pyridine rings is 1. The Morgan fingerprint density at radius 2 is 2.00 bits per heavy atom. The first-order chi connectivity index (χ1) is 9.65. The molecule has 1 atom stereocenters. The molecule has 3 rings (SSSR count). The van der Waals surface area contributed by atoms with Crippen molar-refractivity contribution >= 4 is 54.1 Å². The molecule has 2 heterocycles. The molecule has 0 amide bonds. The summed E-state index contributed by atoms with van der Waals surface area (Å²) in [5.74, 6) is 0. The van der Waals surface area contributed by atoms with E-state index in [-0.39, 0.29) is 0 Å². The van der Waals surface area contributed by atoms with Gasteiger partial charge in [0.1, 0.15) is 0 Å². The molecule has 0 radical (unpaired) electrons. The molecule has 1 N–H and O–H groups in total. The van der Waals surface area contributed by atoms with Gasteiger partial charge in [-0.2, -0.15) is 0 Å². The molecule has 2 nitrogen and oxygen atoms in total. The van der Waals surface area contributed by atoms with E-state index < -0.39 is 6.10 Å². The Kier molecular flexibility index (Phi) is 4.21. The molecule has 20 heavy (non-hydrogen) atoms. The fraction of sp³-hybridized carbons (Fsp3) is 0.133. The van der Waals surface area contributed by atoms with Crippen LogP contribution in [0.15, 0.2) is 50.9 Å². The maximum Gasteiger partial charge on any atom is 0.0859 e. The zero-order valence-corrected chi connectivity index (χ0v) is 14.4. The molecule has 1 unspecified atom stereocenters. The van der Waals surface area contributed by atoms with Crippen LogP contribution in [0.3, 0.4) is 0 Å². The van der Waals surface area contributed by atoms with Gasteiger partial charge in [0.15, 0.2) is 0 Å². The monoisotopic (exact) mass is 411 g/mol. The van der Waals surface area contributed by atoms with Crippen molar-refractivity contribution in [2.75, 3.05) is 0 Å². The van der Waals surface area contributed by atoms with Gasteiger partial charge in [-0.15, -0.1) is 11.3 Å². The minimum atomic E-state index is -0.550. The molecule has 0 spiro atoms. The van der Waals surface area contributed by atoms with Crippen LogP contribution in [-0.4, -0.2) is 10.1 Å². The van der Waals surface area contributed by atoms with Gasteiger partial charge in [-0.05, 0) is 40.2 Å². The number of aromatic nitrogens is 1. The molecule has 0 fully saturated rings. The zero-order chi connectivity index (χ0) is 14.1. The second-order valence-electron chi connectivity index (χ2n) is 4.46. The Bertz CT molecular complexity index is 756. The van der Waals surface area contributed by atoms with Crippen LogP contribution >= 0.6 is 43.2 Å². The van der Waals surface area contributed by atoms with E-state index in [0.717, 1.165) is 29.6 Å². The molecule has 0 saturated heterocycles. The molecule has 5 heteroatoms. The number of thiophene rings is 1. The Morgan fingerprint density at radius 1 is 1.15 bits per heavy atom. The fourth-order valence-corrected chi connectivity index (χ4v) is 4.16. The molecule has 2 aromatic heterocycles. The average Bonchev–Trinajstić information content (AvgIpc) is 2.84. The molecule has 0 saturated carbocycles. The van der Waals surface area contributed by atoms with Crippen LogP contribution in [-0.2, 0) is 6.42 Å². The maximum atomic E-state index is 10.5. The second-order valence-corrected chi connectivity index (χ2v) is 7.86. The van der Waals surface area contributed by atoms with Crippen LogP contribution < -0.4 is 0 Å². The lowest BCUT2D eigenvalue weighted by molar-refractivity contribution is 0.181. The summed E-state index contributed by atoms with van der Waals surface area (Å²) < 4.78 is 2.08. The van der Waals surface area contributed by atoms with Gasteiger partial charge >= 0.3 is 0 Å². The third-order valence-corrected chi connectivity index (χ3v) is 5.47. The number of nitrogens with zero attached hydrogens (tertiary/aromatic N) is 1. The summed E-state index contributed by atoms with van der Waals surface area (Å²) in [4.78, 5) is 5.56. The maximum absolute atomic E-state index is 10.5. The van der Waals surface area contributed by atoms with E-state index >= 15 is 0 Å². The molecule has 1 aromatic carbocycles. The quantitative estimate of drug-likeness (QED) is 0.649. The minimum absolute atomic E-state index is 0.550. The molecular weight excluding hydrogens is 402 g/mol. The topological polar surface area (TPSA) is 33.1 Å². The first-order valence-electron chi connectivity index (χ1n) is 6.10. The molecule has 3 aromatic rings. The lowest BCUT2D eigenvalue weighted by Gasteiger charge is -2.13. The minimum Gasteiger partial charge on any atom is -0.388 e. The van der Waals surface area contributed by atoms with Crippen LogP contribution in [0.5, 0.6) is 0 Å². The summed E-state index contributed by atoms with van der Waals surface area (Å²) in [6, 6.07) is 11.8. The highest BCUT2D eigenvalue weighted by Crippen LogP contribution is 2.32. The number of hydrogen-bond acceptors (Lipinski definition) is 3. The van der Waals surface area contributed by atoms with Gasteiger partial charge in [0.25, 0.3) is 0 Å². The number of halogens is 2. The van der Waals surface area contributed by atoms with Crippen molar-refractivity contribution in [1.82, 2.24) is 4.98 Å². The number of fused-ring (bicyclic) bond motifs is 1. The third kappa shape index (κ3) is 2.81. The van der Waals surface area contributed by atoms with Crippen LogP contribution in [0, 0.1) is 0 Å². The van der Waals surface area contributed by atoms with Crippen molar-refractivity contribution < 1.29 is 5.11 Å². The van der Waals surface area contributed by atoms with Crippen LogP contribution in [0.1, 0.15) is 16.5 Å². The lowest BCUT2D eigenvalue weighted by Crippen LogP contribution is -2.02. The predicted molar refractivity (Wildman–Crippen MR) is 90.1 cm³/mol. The SMILES string of the molecule is OC(Cc1ccc(Br)s1)c1ccc(Br)c2cccnc12. The van der Waals surface area contributed by atoms with E-state index in [1.807, 2.05) is 36.4 Å². The van der Waals surface area contributed by atoms with Crippen molar-refractivity contribution in [3.05, 3.63) is 61.3 Å². The van der Waals surface area contributed by atoms with Gasteiger partial charge in [0, 0.05) is 32.9 Å². The Morgan fingerprint density at radius 3 is 2.75 bits per heavy atom. The van der Waals surface area contributed by atoms with Crippen molar-refractivity contribution in [2.24, 2.45) is 0 Å². The highest BCUT2D eigenvalue weighted by atomic mass is 79.9. The normalized spacial score (nSPS) is 12.8. The second kappa shape index (κ2) is 5.93. The van der Waals surface area contributed by atoms with Crippen molar-refractivity contribution in [2.45, 2.75) is 12.5 Å². The standard InChI is InChI=1S/C15H11Br2NOS/c16-12-5-4-11(15-10(12)2-1-7-18-15)13(19)8-9-3-6-14(17)20-9/h1-7,13,19H,8H2. The van der Waals surface area contributed by atoms with E-state index in [1.54, 1.807) is 17.5 Å². The number of benzene rings is 1. The van der Waals surface area contributed by atoms with E-state index in [9.17, 15) is 5.11 Å². The first-order valence-corrected chi connectivity index (χ1v) is 8.51. The zero-order valence-electron chi connectivity index (χ0n) is 10.4. The molecular formula is C15H11Br2NOS. The van der Waals surface area contributed by atoms with Gasteiger partial charge in [0.2, 0.25) is 0 Å². The summed E-state index contributed by atoms with van der Waals surface area (Å²) >= 11 is 8.62. The first kappa shape index (κ1) is 14.2. The van der Waals surface area contributed by atoms with Crippen molar-refractivity contribution in [3.8, 4) is 0 Å². The fourth-order valence-electron chi connectivity index (χ4n) is 2.19. The Balaban J connectivity index is 1.99. The highest BCUT2D eigenvalue weighted by Gasteiger charge is 2.15. The number of hydrogen-bond donors (Lipinski definition) is 1. The number of rotatable bonds is 3. The van der Waals surface area contributed by atoms with E-state index in [2.05, 4.69) is 36.8 Å². The van der Waals surface area contributed by atoms with E-state index in [4.69, 9.17) is 0 Å². The Hall–Kier alpha value is -0.750. The smallest absolute Gasteiger partial charge is 0.0859 e. The molecule has 102 valence electrons. The molecule has 0 aliphatic carbocycles. The van der Waals surface area contributed by atoms with Crippen molar-refractivity contribution in [1.29, 1.82) is 0 Å². The summed E-state index contributed by atoms with van der Waals surface area (Å²) in [7, 11) is 0. The van der Waals surface area contributed by atoms with Gasteiger partial charge in [0.05, 0.1) is 15.4 Å². The van der Waals surface area contributed by atoms with Crippen LogP contribution in [0.2, 0.25) is 0 Å². The lowest BCUT2D eigenvalue weighted by atomic mass is 10.0. The van der Waals surface area contributed by atoms with Gasteiger partial charge in [-0.1, -0.05) is 28.1 Å². The third-order valence-electron chi connectivity index (χ3n) is 3.13. The largest absolute Gasteiger partial charge is 0.388 e. The summed E-state index contributed by atoms with van der Waals surface area (Å²) in [5, 5.41) is 11.5. The Labute approximate surface area is 137 Å². The van der Waals surface area contributed by atoms with Gasteiger partial charge < -0.3 is 5.11 Å². The van der Waals surface area contributed by atoms with Gasteiger partial charge in [-0.25, -0.2) is 0 Å². The van der Waals surface area contributed by atoms with Gasteiger partial charge in [-0.3, -0.25) is 4.98 Å². The summed E-state index contributed by atoms with van der Waals surface area (Å²) in [5.41, 5.74) is 1.72. The van der Waals surface area contributed by atoms with E-state index in [0.29, 0.717) is 6.42 Å². The van der Waals surface area contributed by atoms with Crippen LogP contribution in [0.25, 0.3) is 10.9 Å². The van der Waals surface area contributed by atoms with Crippen LogP contribution in [0.4, 0.5) is 0 Å². The summed E-state index contributed by atoms with van der Waals surface area (Å²) in [6.45, 7) is 0. The number of aliphatic hydroxyl groups excluding tert-OH is 1. The van der Waals surface area contributed by atoms with Crippen molar-refractivity contribution in [3.63, 3.8) is 0 Å². The number of aliphatic hydroxyl groups is 1. The van der Waals surface area contributed by atoms with E-state index in [1.165, 1.54) is 0 Å². The predicted octanol–water partition coefficient (Wildman–Crippen LogP) is 5.10. The highest BCUT2D eigenvalue weighted by molar-refractivity contribution is 9.11. The molecule has 0 aliphatic heterocycles.